The molecule has 124 valence electrons. The van der Waals surface area contributed by atoms with Gasteiger partial charge in [0, 0.05) is 22.3 Å². The van der Waals surface area contributed by atoms with Crippen molar-refractivity contribution in [3.63, 3.8) is 0 Å². The Morgan fingerprint density at radius 2 is 1.76 bits per heavy atom. The third-order valence-corrected chi connectivity index (χ3v) is 4.77. The lowest BCUT2D eigenvalue weighted by Crippen LogP contribution is -1.99. The van der Waals surface area contributed by atoms with Gasteiger partial charge in [0.25, 0.3) is 0 Å². The molecule has 0 spiro atoms. The highest BCUT2D eigenvalue weighted by Gasteiger charge is 2.07. The fourth-order valence-corrected chi connectivity index (χ4v) is 3.08. The summed E-state index contributed by atoms with van der Waals surface area (Å²) < 4.78 is 0. The van der Waals surface area contributed by atoms with Crippen LogP contribution in [0.2, 0.25) is 0 Å². The number of aryl methyl sites for hydroxylation is 2. The number of nitrogens with one attached hydrogen (secondary N) is 1. The third kappa shape index (κ3) is 4.59. The van der Waals surface area contributed by atoms with E-state index in [0.29, 0.717) is 12.4 Å². The predicted octanol–water partition coefficient (Wildman–Crippen LogP) is 5.05. The predicted molar refractivity (Wildman–Crippen MR) is 101 cm³/mol. The summed E-state index contributed by atoms with van der Waals surface area (Å²) >= 11 is 1.59. The van der Waals surface area contributed by atoms with Gasteiger partial charge in [0.1, 0.15) is 5.03 Å². The molecule has 3 aromatic rings. The lowest BCUT2D eigenvalue weighted by molar-refractivity contribution is 1.01. The molecule has 1 N–H and O–H groups in total. The molecule has 3 rings (SSSR count). The Labute approximate surface area is 152 Å². The van der Waals surface area contributed by atoms with Crippen molar-refractivity contribution in [2.24, 2.45) is 0 Å². The second-order valence-corrected chi connectivity index (χ2v) is 6.82. The minimum atomic E-state index is 0.433. The van der Waals surface area contributed by atoms with Crippen molar-refractivity contribution in [2.45, 2.75) is 30.2 Å². The minimum absolute atomic E-state index is 0.433. The Bertz CT molecular complexity index is 896. The summed E-state index contributed by atoms with van der Waals surface area (Å²) in [6.07, 6.45) is 2.26. The average molecular weight is 346 g/mol. The Hall–Kier alpha value is -2.84. The van der Waals surface area contributed by atoms with Crippen molar-refractivity contribution in [3.05, 3.63) is 71.4 Å². The van der Waals surface area contributed by atoms with Gasteiger partial charge < -0.3 is 5.32 Å². The first kappa shape index (κ1) is 17.0. The molecule has 0 fully saturated rings. The molecule has 0 atom stereocenters. The number of rotatable bonds is 5. The zero-order valence-electron chi connectivity index (χ0n) is 14.2. The number of anilines is 2. The van der Waals surface area contributed by atoms with Crippen molar-refractivity contribution in [3.8, 4) is 6.07 Å². The molecule has 0 unspecified atom stereocenters. The number of hydrogen-bond acceptors (Lipinski definition) is 5. The molecule has 0 radical (unpaired) electrons. The van der Waals surface area contributed by atoms with E-state index in [9.17, 15) is 0 Å². The van der Waals surface area contributed by atoms with Crippen molar-refractivity contribution >= 4 is 23.4 Å². The van der Waals surface area contributed by atoms with E-state index in [1.54, 1.807) is 11.8 Å². The van der Waals surface area contributed by atoms with Crippen LogP contribution in [0.1, 0.15) is 16.7 Å². The molecule has 0 bridgehead atoms. The van der Waals surface area contributed by atoms with Crippen LogP contribution in [0.4, 0.5) is 11.6 Å². The second kappa shape index (κ2) is 7.82. The summed E-state index contributed by atoms with van der Waals surface area (Å²) in [4.78, 5) is 10.1. The van der Waals surface area contributed by atoms with Gasteiger partial charge in [0.2, 0.25) is 5.95 Å². The van der Waals surface area contributed by atoms with Crippen LogP contribution < -0.4 is 5.32 Å². The molecular formula is C20H18N4S. The number of benzene rings is 2. The van der Waals surface area contributed by atoms with Crippen molar-refractivity contribution < 1.29 is 0 Å². The van der Waals surface area contributed by atoms with Gasteiger partial charge >= 0.3 is 0 Å². The zero-order chi connectivity index (χ0) is 17.6. The average Bonchev–Trinajstić information content (AvgIpc) is 2.62. The van der Waals surface area contributed by atoms with Crippen molar-refractivity contribution in [1.29, 1.82) is 5.26 Å². The first-order valence-corrected chi connectivity index (χ1v) is 8.77. The summed E-state index contributed by atoms with van der Waals surface area (Å²) in [6, 6.07) is 18.3. The first-order chi connectivity index (χ1) is 12.1. The number of hydrogen-bond donors (Lipinski definition) is 1. The Morgan fingerprint density at radius 1 is 1.04 bits per heavy atom. The molecule has 4 nitrogen and oxygen atoms in total. The van der Waals surface area contributed by atoms with Gasteiger partial charge in [-0.1, -0.05) is 41.6 Å². The van der Waals surface area contributed by atoms with Crippen LogP contribution in [0.3, 0.4) is 0 Å². The Morgan fingerprint density at radius 3 is 2.44 bits per heavy atom. The van der Waals surface area contributed by atoms with Crippen LogP contribution in [-0.2, 0) is 6.42 Å². The number of aromatic nitrogens is 2. The van der Waals surface area contributed by atoms with Gasteiger partial charge in [-0.3, -0.25) is 0 Å². The topological polar surface area (TPSA) is 61.6 Å². The molecule has 0 aliphatic heterocycles. The van der Waals surface area contributed by atoms with Crippen molar-refractivity contribution in [1.82, 2.24) is 9.97 Å². The van der Waals surface area contributed by atoms with Gasteiger partial charge in [-0.15, -0.1) is 0 Å². The van der Waals surface area contributed by atoms with E-state index in [2.05, 4.69) is 40.4 Å². The fraction of sp³-hybridized carbons (Fsp3) is 0.150. The molecule has 0 amide bonds. The normalized spacial score (nSPS) is 10.3. The smallest absolute Gasteiger partial charge is 0.228 e. The standard InChI is InChI=1S/C20H18N4S/c1-14-3-7-17(8-4-14)23-20-22-13-15(2)19(24-20)25-18-9-5-16(6-10-18)11-12-21/h3-10,13H,11H2,1-2H3,(H,22,23,24). The fourth-order valence-electron chi connectivity index (χ4n) is 2.23. The van der Waals surface area contributed by atoms with Crippen LogP contribution in [0.15, 0.2) is 64.6 Å². The SMILES string of the molecule is Cc1ccc(Nc2ncc(C)c(Sc3ccc(CC#N)cc3)n2)cc1. The Kier molecular flexibility index (Phi) is 5.32. The van der Waals surface area contributed by atoms with E-state index in [-0.39, 0.29) is 0 Å². The van der Waals surface area contributed by atoms with Crippen LogP contribution in [0.5, 0.6) is 0 Å². The van der Waals surface area contributed by atoms with Gasteiger partial charge in [-0.25, -0.2) is 9.97 Å². The summed E-state index contributed by atoms with van der Waals surface area (Å²) in [7, 11) is 0. The lowest BCUT2D eigenvalue weighted by Gasteiger charge is -2.09. The highest BCUT2D eigenvalue weighted by Crippen LogP contribution is 2.29. The lowest BCUT2D eigenvalue weighted by atomic mass is 10.2. The zero-order valence-corrected chi connectivity index (χ0v) is 15.0. The van der Waals surface area contributed by atoms with Crippen molar-refractivity contribution in [2.75, 3.05) is 5.32 Å². The minimum Gasteiger partial charge on any atom is -0.324 e. The van der Waals surface area contributed by atoms with Crippen LogP contribution in [-0.4, -0.2) is 9.97 Å². The molecule has 25 heavy (non-hydrogen) atoms. The van der Waals surface area contributed by atoms with Gasteiger partial charge in [-0.05, 0) is 43.7 Å². The maximum Gasteiger partial charge on any atom is 0.228 e. The molecule has 0 saturated carbocycles. The van der Waals surface area contributed by atoms with Crippen LogP contribution in [0, 0.1) is 25.2 Å². The molecule has 5 heteroatoms. The first-order valence-electron chi connectivity index (χ1n) is 7.95. The Balaban J connectivity index is 1.77. The summed E-state index contributed by atoms with van der Waals surface area (Å²) in [5, 5.41) is 12.9. The molecule has 0 aliphatic carbocycles. The molecule has 2 aromatic carbocycles. The second-order valence-electron chi connectivity index (χ2n) is 5.75. The maximum absolute atomic E-state index is 8.75. The monoisotopic (exact) mass is 346 g/mol. The molecule has 0 saturated heterocycles. The largest absolute Gasteiger partial charge is 0.324 e. The van der Waals surface area contributed by atoms with E-state index >= 15 is 0 Å². The quantitative estimate of drug-likeness (QED) is 0.655. The molecular weight excluding hydrogens is 328 g/mol. The number of nitriles is 1. The molecule has 1 heterocycles. The van der Waals surface area contributed by atoms with Crippen LogP contribution >= 0.6 is 11.8 Å². The molecule has 1 aromatic heterocycles. The van der Waals surface area contributed by atoms with Gasteiger partial charge in [-0.2, -0.15) is 5.26 Å². The highest BCUT2D eigenvalue weighted by atomic mass is 32.2. The van der Waals surface area contributed by atoms with E-state index in [1.165, 1.54) is 5.56 Å². The van der Waals surface area contributed by atoms with Gasteiger partial charge in [0.05, 0.1) is 12.5 Å². The summed E-state index contributed by atoms with van der Waals surface area (Å²) in [6.45, 7) is 4.06. The van der Waals surface area contributed by atoms with E-state index in [0.717, 1.165) is 26.7 Å². The maximum atomic E-state index is 8.75. The highest BCUT2D eigenvalue weighted by molar-refractivity contribution is 7.99. The summed E-state index contributed by atoms with van der Waals surface area (Å²) in [5.74, 6) is 0.582. The third-order valence-electron chi connectivity index (χ3n) is 3.65. The summed E-state index contributed by atoms with van der Waals surface area (Å²) in [5.41, 5.74) is 4.23. The molecule has 0 aliphatic rings. The van der Waals surface area contributed by atoms with E-state index in [1.807, 2.05) is 49.5 Å². The number of nitrogens with zero attached hydrogens (tertiary/aromatic N) is 3. The van der Waals surface area contributed by atoms with E-state index < -0.39 is 0 Å². The van der Waals surface area contributed by atoms with E-state index in [4.69, 9.17) is 5.26 Å². The van der Waals surface area contributed by atoms with Crippen LogP contribution in [0.25, 0.3) is 0 Å². The van der Waals surface area contributed by atoms with Gasteiger partial charge in [0.15, 0.2) is 0 Å².